The second-order valence-corrected chi connectivity index (χ2v) is 5.53. The molecule has 1 heterocycles. The second-order valence-electron chi connectivity index (χ2n) is 5.53. The Balaban J connectivity index is 1.78. The van der Waals surface area contributed by atoms with E-state index in [-0.39, 0.29) is 0 Å². The lowest BCUT2D eigenvalue weighted by Gasteiger charge is -2.31. The van der Waals surface area contributed by atoms with Crippen molar-refractivity contribution in [3.8, 4) is 0 Å². The number of rotatable bonds is 6. The number of methoxy groups -OCH3 is 1. The highest BCUT2D eigenvalue weighted by Crippen LogP contribution is 2.19. The molecule has 2 rings (SSSR count). The van der Waals surface area contributed by atoms with Crippen LogP contribution in [0.15, 0.2) is 24.3 Å². The second kappa shape index (κ2) is 7.63. The van der Waals surface area contributed by atoms with Crippen LogP contribution in [0.4, 0.5) is 0 Å². The third kappa shape index (κ3) is 4.60. The number of nitrogens with zero attached hydrogens (tertiary/aromatic N) is 1. The van der Waals surface area contributed by atoms with Crippen molar-refractivity contribution in [2.75, 3.05) is 33.4 Å². The third-order valence-corrected chi connectivity index (χ3v) is 3.97. The molecule has 0 bridgehead atoms. The molecule has 1 aliphatic rings. The molecule has 0 aliphatic carbocycles. The zero-order valence-corrected chi connectivity index (χ0v) is 12.0. The molecule has 1 fully saturated rings. The lowest BCUT2D eigenvalue weighted by molar-refractivity contribution is 0.0968. The first-order valence-electron chi connectivity index (χ1n) is 7.31. The van der Waals surface area contributed by atoms with Gasteiger partial charge in [-0.1, -0.05) is 24.3 Å². The smallest absolute Gasteiger partial charge is 0.0491 e. The number of hydrogen-bond donors (Lipinski definition) is 1. The Bertz CT molecular complexity index is 356. The van der Waals surface area contributed by atoms with Gasteiger partial charge in [0.15, 0.2) is 0 Å². The summed E-state index contributed by atoms with van der Waals surface area (Å²) in [5.41, 5.74) is 8.31. The maximum atomic E-state index is 5.57. The average Bonchev–Trinajstić information content (AvgIpc) is 2.44. The average molecular weight is 262 g/mol. The van der Waals surface area contributed by atoms with Crippen molar-refractivity contribution >= 4 is 0 Å². The fourth-order valence-corrected chi connectivity index (χ4v) is 2.78. The maximum absolute atomic E-state index is 5.57. The van der Waals surface area contributed by atoms with Crippen LogP contribution in [0.5, 0.6) is 0 Å². The fourth-order valence-electron chi connectivity index (χ4n) is 2.78. The minimum absolute atomic E-state index is 0.729. The molecule has 106 valence electrons. The van der Waals surface area contributed by atoms with Crippen molar-refractivity contribution in [2.24, 2.45) is 11.7 Å². The van der Waals surface area contributed by atoms with Gasteiger partial charge in [0.25, 0.3) is 0 Å². The quantitative estimate of drug-likeness (QED) is 0.852. The summed E-state index contributed by atoms with van der Waals surface area (Å²) >= 11 is 0. The van der Waals surface area contributed by atoms with Gasteiger partial charge in [-0.2, -0.15) is 0 Å². The number of nitrogens with two attached hydrogens (primary N) is 1. The Morgan fingerprint density at radius 3 is 2.37 bits per heavy atom. The largest absolute Gasteiger partial charge is 0.384 e. The molecule has 1 saturated heterocycles. The van der Waals surface area contributed by atoms with Crippen LogP contribution in [0.25, 0.3) is 0 Å². The Labute approximate surface area is 116 Å². The molecule has 0 unspecified atom stereocenters. The monoisotopic (exact) mass is 262 g/mol. The summed E-state index contributed by atoms with van der Waals surface area (Å²) in [4.78, 5) is 2.55. The summed E-state index contributed by atoms with van der Waals surface area (Å²) in [5.74, 6) is 0.758. The molecular weight excluding hydrogens is 236 g/mol. The molecule has 3 nitrogen and oxygen atoms in total. The molecule has 2 N–H and O–H groups in total. The molecule has 0 atom stereocenters. The van der Waals surface area contributed by atoms with Crippen LogP contribution in [-0.2, 0) is 17.7 Å². The molecule has 0 saturated carbocycles. The van der Waals surface area contributed by atoms with Crippen LogP contribution in [0.1, 0.15) is 24.0 Å². The number of piperidine rings is 1. The summed E-state index contributed by atoms with van der Waals surface area (Å²) < 4.78 is 5.24. The maximum Gasteiger partial charge on any atom is 0.0491 e. The highest BCUT2D eigenvalue weighted by Gasteiger charge is 2.18. The fraction of sp³-hybridized carbons (Fsp3) is 0.625. The third-order valence-electron chi connectivity index (χ3n) is 3.97. The van der Waals surface area contributed by atoms with Crippen LogP contribution in [-0.4, -0.2) is 38.3 Å². The standard InChI is InChI=1S/C16H26N2O/c1-19-13-16-7-10-18(11-8-16)12-15-4-2-14(3-5-15)6-9-17/h2-5,16H,6-13,17H2,1H3. The van der Waals surface area contributed by atoms with Gasteiger partial charge in [-0.15, -0.1) is 0 Å². The van der Waals surface area contributed by atoms with Crippen LogP contribution in [0.3, 0.4) is 0 Å². The van der Waals surface area contributed by atoms with Crippen LogP contribution >= 0.6 is 0 Å². The topological polar surface area (TPSA) is 38.5 Å². The van der Waals surface area contributed by atoms with Crippen molar-refractivity contribution in [3.63, 3.8) is 0 Å². The molecule has 1 aromatic rings. The van der Waals surface area contributed by atoms with E-state index >= 15 is 0 Å². The van der Waals surface area contributed by atoms with E-state index < -0.39 is 0 Å². The van der Waals surface area contributed by atoms with Crippen LogP contribution in [0.2, 0.25) is 0 Å². The highest BCUT2D eigenvalue weighted by atomic mass is 16.5. The first-order chi connectivity index (χ1) is 9.31. The molecule has 0 radical (unpaired) electrons. The Hall–Kier alpha value is -0.900. The molecule has 19 heavy (non-hydrogen) atoms. The minimum Gasteiger partial charge on any atom is -0.384 e. The summed E-state index contributed by atoms with van der Waals surface area (Å²) in [6.45, 7) is 5.10. The van der Waals surface area contributed by atoms with Gasteiger partial charge in [0.05, 0.1) is 0 Å². The van der Waals surface area contributed by atoms with Crippen LogP contribution < -0.4 is 5.73 Å². The molecular formula is C16H26N2O. The van der Waals surface area contributed by atoms with Gasteiger partial charge in [-0.3, -0.25) is 4.90 Å². The van der Waals surface area contributed by atoms with E-state index in [1.165, 1.54) is 37.1 Å². The van der Waals surface area contributed by atoms with Crippen molar-refractivity contribution < 1.29 is 4.74 Å². The lowest BCUT2D eigenvalue weighted by atomic mass is 9.97. The van der Waals surface area contributed by atoms with E-state index in [1.54, 1.807) is 7.11 Å². The Kier molecular flexibility index (Phi) is 5.83. The predicted octanol–water partition coefficient (Wildman–Crippen LogP) is 2.05. The van der Waals surface area contributed by atoms with E-state index in [0.29, 0.717) is 0 Å². The SMILES string of the molecule is COCC1CCN(Cc2ccc(CCN)cc2)CC1. The Morgan fingerprint density at radius 1 is 1.16 bits per heavy atom. The van der Waals surface area contributed by atoms with Gasteiger partial charge in [-0.05, 0) is 55.9 Å². The van der Waals surface area contributed by atoms with E-state index in [2.05, 4.69) is 29.2 Å². The predicted molar refractivity (Wildman–Crippen MR) is 79.1 cm³/mol. The lowest BCUT2D eigenvalue weighted by Crippen LogP contribution is -2.34. The molecule has 0 amide bonds. The molecule has 1 aromatic carbocycles. The van der Waals surface area contributed by atoms with Gasteiger partial charge in [0.1, 0.15) is 0 Å². The first kappa shape index (κ1) is 14.5. The summed E-state index contributed by atoms with van der Waals surface area (Å²) in [5, 5.41) is 0. The van der Waals surface area contributed by atoms with Crippen molar-refractivity contribution in [1.29, 1.82) is 0 Å². The minimum atomic E-state index is 0.729. The van der Waals surface area contributed by atoms with Crippen LogP contribution in [0, 0.1) is 5.92 Å². The molecule has 0 spiro atoms. The summed E-state index contributed by atoms with van der Waals surface area (Å²) in [7, 11) is 1.80. The number of benzene rings is 1. The van der Waals surface area contributed by atoms with E-state index in [0.717, 1.165) is 32.0 Å². The van der Waals surface area contributed by atoms with Gasteiger partial charge >= 0.3 is 0 Å². The van der Waals surface area contributed by atoms with Gasteiger partial charge < -0.3 is 10.5 Å². The van der Waals surface area contributed by atoms with E-state index in [1.807, 2.05) is 0 Å². The molecule has 1 aliphatic heterocycles. The molecule has 3 heteroatoms. The van der Waals surface area contributed by atoms with Gasteiger partial charge in [0.2, 0.25) is 0 Å². The van der Waals surface area contributed by atoms with Gasteiger partial charge in [0, 0.05) is 20.3 Å². The van der Waals surface area contributed by atoms with E-state index in [9.17, 15) is 0 Å². The normalized spacial score (nSPS) is 17.8. The Morgan fingerprint density at radius 2 is 1.79 bits per heavy atom. The van der Waals surface area contributed by atoms with Gasteiger partial charge in [-0.25, -0.2) is 0 Å². The number of likely N-dealkylation sites (tertiary alicyclic amines) is 1. The van der Waals surface area contributed by atoms with E-state index in [4.69, 9.17) is 10.5 Å². The number of hydrogen-bond acceptors (Lipinski definition) is 3. The first-order valence-corrected chi connectivity index (χ1v) is 7.31. The highest BCUT2D eigenvalue weighted by molar-refractivity contribution is 5.22. The number of ether oxygens (including phenoxy) is 1. The van der Waals surface area contributed by atoms with Crippen molar-refractivity contribution in [3.05, 3.63) is 35.4 Å². The van der Waals surface area contributed by atoms with Crippen molar-refractivity contribution in [2.45, 2.75) is 25.8 Å². The summed E-state index contributed by atoms with van der Waals surface area (Å²) in [6.07, 6.45) is 3.50. The molecule has 0 aromatic heterocycles. The van der Waals surface area contributed by atoms with Crippen molar-refractivity contribution in [1.82, 2.24) is 4.90 Å². The summed E-state index contributed by atoms with van der Waals surface area (Å²) in [6, 6.07) is 8.90. The zero-order valence-electron chi connectivity index (χ0n) is 12.0. The zero-order chi connectivity index (χ0) is 13.5.